The van der Waals surface area contributed by atoms with E-state index in [0.717, 1.165) is 39.3 Å². The van der Waals surface area contributed by atoms with Crippen molar-refractivity contribution in [3.05, 3.63) is 90.4 Å². The van der Waals surface area contributed by atoms with Crippen LogP contribution in [0.4, 0.5) is 11.4 Å². The first-order valence-corrected chi connectivity index (χ1v) is 8.71. The van der Waals surface area contributed by atoms with Crippen molar-refractivity contribution in [2.45, 2.75) is 0 Å². The van der Waals surface area contributed by atoms with E-state index < -0.39 is 0 Å². The Morgan fingerprint density at radius 1 is 0.889 bits per heavy atom. The molecule has 1 N–H and O–H groups in total. The Morgan fingerprint density at radius 3 is 2.48 bits per heavy atom. The van der Waals surface area contributed by atoms with Gasteiger partial charge in [-0.25, -0.2) is 4.98 Å². The Hall–Kier alpha value is -3.66. The van der Waals surface area contributed by atoms with Crippen LogP contribution in [-0.4, -0.2) is 17.1 Å². The summed E-state index contributed by atoms with van der Waals surface area (Å²) in [6.07, 6.45) is 7.60. The molecular weight excluding hydrogens is 334 g/mol. The quantitative estimate of drug-likeness (QED) is 0.511. The van der Waals surface area contributed by atoms with E-state index >= 15 is 0 Å². The fraction of sp³-hybridized carbons (Fsp3) is 0.0435. The molecule has 0 aliphatic carbocycles. The third-order valence-corrected chi connectivity index (χ3v) is 4.24. The van der Waals surface area contributed by atoms with E-state index in [9.17, 15) is 0 Å². The van der Waals surface area contributed by atoms with Gasteiger partial charge in [-0.1, -0.05) is 24.3 Å². The number of rotatable bonds is 5. The van der Waals surface area contributed by atoms with E-state index in [1.165, 1.54) is 0 Å². The Kier molecular flexibility index (Phi) is 4.79. The molecule has 2 aromatic carbocycles. The van der Waals surface area contributed by atoms with Crippen LogP contribution in [0.1, 0.15) is 11.3 Å². The summed E-state index contributed by atoms with van der Waals surface area (Å²) in [7, 11) is 1.67. The molecule has 0 saturated carbocycles. The summed E-state index contributed by atoms with van der Waals surface area (Å²) in [4.78, 5) is 8.82. The van der Waals surface area contributed by atoms with Gasteiger partial charge in [0.15, 0.2) is 0 Å². The number of para-hydroxylation sites is 1. The lowest BCUT2D eigenvalue weighted by Crippen LogP contribution is -1.95. The molecule has 4 aromatic rings. The summed E-state index contributed by atoms with van der Waals surface area (Å²) in [5.41, 5.74) is 4.88. The number of anilines is 2. The van der Waals surface area contributed by atoms with Crippen LogP contribution >= 0.6 is 0 Å². The van der Waals surface area contributed by atoms with Crippen LogP contribution in [0, 0.1) is 0 Å². The summed E-state index contributed by atoms with van der Waals surface area (Å²) in [6, 6.07) is 22.0. The molecule has 0 aliphatic heterocycles. The van der Waals surface area contributed by atoms with Crippen molar-refractivity contribution in [2.24, 2.45) is 0 Å². The van der Waals surface area contributed by atoms with E-state index in [-0.39, 0.29) is 0 Å². The van der Waals surface area contributed by atoms with Gasteiger partial charge in [-0.3, -0.25) is 4.98 Å². The topological polar surface area (TPSA) is 47.0 Å². The first-order chi connectivity index (χ1) is 13.3. The molecule has 4 rings (SSSR count). The highest BCUT2D eigenvalue weighted by molar-refractivity contribution is 5.95. The number of hydrogen-bond acceptors (Lipinski definition) is 4. The van der Waals surface area contributed by atoms with E-state index in [1.807, 2.05) is 78.9 Å². The van der Waals surface area contributed by atoms with Gasteiger partial charge < -0.3 is 10.1 Å². The van der Waals surface area contributed by atoms with Gasteiger partial charge in [0.2, 0.25) is 0 Å². The number of fused-ring (bicyclic) bond motifs is 1. The zero-order chi connectivity index (χ0) is 18.5. The molecule has 2 heterocycles. The van der Waals surface area contributed by atoms with Crippen LogP contribution in [0.25, 0.3) is 23.1 Å². The summed E-state index contributed by atoms with van der Waals surface area (Å²) < 4.78 is 5.39. The number of nitrogens with one attached hydrogen (secondary N) is 1. The molecule has 27 heavy (non-hydrogen) atoms. The number of nitrogens with zero attached hydrogens (tertiary/aromatic N) is 2. The molecule has 4 nitrogen and oxygen atoms in total. The summed E-state index contributed by atoms with van der Waals surface area (Å²) in [5, 5.41) is 4.51. The molecule has 0 bridgehead atoms. The van der Waals surface area contributed by atoms with Crippen LogP contribution in [0.2, 0.25) is 0 Å². The van der Waals surface area contributed by atoms with Crippen molar-refractivity contribution in [2.75, 3.05) is 12.4 Å². The standard InChI is InChI=1S/C23H19N3O/c1-27-20-9-10-22-21(16-20)23(25-18-5-3-2-4-6-18)15-19(26-22)8-7-17-11-13-24-14-12-17/h2-16H,1H3,(H,25,26)/b8-7+. The second-order valence-electron chi connectivity index (χ2n) is 6.08. The lowest BCUT2D eigenvalue weighted by Gasteiger charge is -2.12. The van der Waals surface area contributed by atoms with Crippen LogP contribution in [-0.2, 0) is 0 Å². The maximum atomic E-state index is 5.39. The predicted molar refractivity (Wildman–Crippen MR) is 111 cm³/mol. The minimum atomic E-state index is 0.806. The van der Waals surface area contributed by atoms with Crippen molar-refractivity contribution in [3.8, 4) is 5.75 Å². The van der Waals surface area contributed by atoms with Gasteiger partial charge in [0.05, 0.1) is 24.0 Å². The molecule has 0 radical (unpaired) electrons. The van der Waals surface area contributed by atoms with Gasteiger partial charge in [0, 0.05) is 23.5 Å². The second kappa shape index (κ2) is 7.70. The van der Waals surface area contributed by atoms with Crippen molar-refractivity contribution in [1.82, 2.24) is 9.97 Å². The molecule has 0 fully saturated rings. The Labute approximate surface area is 158 Å². The highest BCUT2D eigenvalue weighted by Gasteiger charge is 2.07. The number of benzene rings is 2. The van der Waals surface area contributed by atoms with Crippen LogP contribution < -0.4 is 10.1 Å². The molecule has 132 valence electrons. The van der Waals surface area contributed by atoms with E-state index in [2.05, 4.69) is 10.3 Å². The van der Waals surface area contributed by atoms with Gasteiger partial charge in [-0.05, 0) is 60.2 Å². The van der Waals surface area contributed by atoms with Crippen molar-refractivity contribution in [3.63, 3.8) is 0 Å². The SMILES string of the molecule is COc1ccc2nc(/C=C/c3ccncc3)cc(Nc3ccccc3)c2c1. The van der Waals surface area contributed by atoms with Crippen LogP contribution in [0.3, 0.4) is 0 Å². The number of pyridine rings is 2. The largest absolute Gasteiger partial charge is 0.497 e. The molecular formula is C23H19N3O. The minimum Gasteiger partial charge on any atom is -0.497 e. The van der Waals surface area contributed by atoms with E-state index in [0.29, 0.717) is 0 Å². The zero-order valence-corrected chi connectivity index (χ0v) is 15.0. The Morgan fingerprint density at radius 2 is 1.70 bits per heavy atom. The first kappa shape index (κ1) is 16.8. The third kappa shape index (κ3) is 3.96. The number of aromatic nitrogens is 2. The molecule has 0 aliphatic rings. The van der Waals surface area contributed by atoms with E-state index in [4.69, 9.17) is 9.72 Å². The normalized spacial score (nSPS) is 11.0. The number of ether oxygens (including phenoxy) is 1. The average molecular weight is 353 g/mol. The zero-order valence-electron chi connectivity index (χ0n) is 15.0. The monoisotopic (exact) mass is 353 g/mol. The molecule has 0 saturated heterocycles. The van der Waals surface area contributed by atoms with Gasteiger partial charge in [0.25, 0.3) is 0 Å². The lowest BCUT2D eigenvalue weighted by atomic mass is 10.1. The van der Waals surface area contributed by atoms with Crippen molar-refractivity contribution < 1.29 is 4.74 Å². The van der Waals surface area contributed by atoms with E-state index in [1.54, 1.807) is 19.5 Å². The second-order valence-corrected chi connectivity index (χ2v) is 6.08. The summed E-state index contributed by atoms with van der Waals surface area (Å²) in [6.45, 7) is 0. The predicted octanol–water partition coefficient (Wildman–Crippen LogP) is 5.55. The van der Waals surface area contributed by atoms with Crippen LogP contribution in [0.5, 0.6) is 5.75 Å². The van der Waals surface area contributed by atoms with Gasteiger partial charge in [0.1, 0.15) is 5.75 Å². The third-order valence-electron chi connectivity index (χ3n) is 4.24. The highest BCUT2D eigenvalue weighted by Crippen LogP contribution is 2.30. The van der Waals surface area contributed by atoms with Gasteiger partial charge >= 0.3 is 0 Å². The Balaban J connectivity index is 1.78. The molecule has 0 unspecified atom stereocenters. The summed E-state index contributed by atoms with van der Waals surface area (Å²) >= 11 is 0. The van der Waals surface area contributed by atoms with Gasteiger partial charge in [-0.15, -0.1) is 0 Å². The highest BCUT2D eigenvalue weighted by atomic mass is 16.5. The van der Waals surface area contributed by atoms with Gasteiger partial charge in [-0.2, -0.15) is 0 Å². The molecule has 0 atom stereocenters. The lowest BCUT2D eigenvalue weighted by molar-refractivity contribution is 0.415. The van der Waals surface area contributed by atoms with Crippen LogP contribution in [0.15, 0.2) is 79.1 Å². The maximum Gasteiger partial charge on any atom is 0.119 e. The van der Waals surface area contributed by atoms with Crippen molar-refractivity contribution in [1.29, 1.82) is 0 Å². The number of methoxy groups -OCH3 is 1. The average Bonchev–Trinajstić information content (AvgIpc) is 2.73. The molecule has 4 heteroatoms. The maximum absolute atomic E-state index is 5.39. The first-order valence-electron chi connectivity index (χ1n) is 8.71. The summed E-state index contributed by atoms with van der Waals surface area (Å²) in [5.74, 6) is 0.806. The molecule has 2 aromatic heterocycles. The van der Waals surface area contributed by atoms with Crippen molar-refractivity contribution >= 4 is 34.4 Å². The Bertz CT molecular complexity index is 1080. The molecule has 0 spiro atoms. The number of hydrogen-bond donors (Lipinski definition) is 1. The fourth-order valence-electron chi connectivity index (χ4n) is 2.87. The minimum absolute atomic E-state index is 0.806. The molecule has 0 amide bonds. The fourth-order valence-corrected chi connectivity index (χ4v) is 2.87. The smallest absolute Gasteiger partial charge is 0.119 e.